The van der Waals surface area contributed by atoms with E-state index in [1.807, 2.05) is 0 Å². The van der Waals surface area contributed by atoms with Gasteiger partial charge < -0.3 is 19.4 Å². The Morgan fingerprint density at radius 2 is 2.06 bits per heavy atom. The fourth-order valence-corrected chi connectivity index (χ4v) is 1.56. The number of fused-ring (bicyclic) bond motifs is 1. The first-order chi connectivity index (χ1) is 8.58. The number of ether oxygens (including phenoxy) is 1. The number of aromatic hydroxyl groups is 1. The van der Waals surface area contributed by atoms with Crippen molar-refractivity contribution in [2.24, 2.45) is 0 Å². The molecule has 2 N–H and O–H groups in total. The second kappa shape index (κ2) is 5.10. The van der Waals surface area contributed by atoms with E-state index in [0.717, 1.165) is 0 Å². The summed E-state index contributed by atoms with van der Waals surface area (Å²) in [5, 5.41) is 19.6. The summed E-state index contributed by atoms with van der Waals surface area (Å²) in [6.45, 7) is 1.93. The Morgan fingerprint density at radius 1 is 1.33 bits per heavy atom. The maximum atomic E-state index is 11.1. The summed E-state index contributed by atoms with van der Waals surface area (Å²) in [5.41, 5.74) is -0.420. The lowest BCUT2D eigenvalue weighted by atomic mass is 10.2. The molecule has 1 atom stereocenters. The molecule has 2 rings (SSSR count). The van der Waals surface area contributed by atoms with Gasteiger partial charge >= 0.3 is 5.63 Å². The van der Waals surface area contributed by atoms with E-state index in [2.05, 4.69) is 0 Å². The van der Waals surface area contributed by atoms with Gasteiger partial charge in [-0.1, -0.05) is 0 Å². The number of phenols is 1. The second-order valence-electron chi connectivity index (χ2n) is 4.07. The minimum atomic E-state index is -0.529. The van der Waals surface area contributed by atoms with E-state index in [-0.39, 0.29) is 23.7 Å². The number of benzene rings is 1. The van der Waals surface area contributed by atoms with Gasteiger partial charge in [0.05, 0.1) is 12.7 Å². The Bertz CT molecular complexity index is 600. The van der Waals surface area contributed by atoms with Crippen LogP contribution in [0.4, 0.5) is 0 Å². The minimum Gasteiger partial charge on any atom is -0.502 e. The summed E-state index contributed by atoms with van der Waals surface area (Å²) in [6.07, 6.45) is -0.0125. The van der Waals surface area contributed by atoms with Crippen LogP contribution in [-0.4, -0.2) is 22.9 Å². The summed E-state index contributed by atoms with van der Waals surface area (Å²) in [7, 11) is 0. The van der Waals surface area contributed by atoms with Crippen LogP contribution in [0.5, 0.6) is 11.5 Å². The van der Waals surface area contributed by atoms with Gasteiger partial charge in [0, 0.05) is 17.9 Å². The number of aliphatic hydroxyl groups excluding tert-OH is 1. The second-order valence-corrected chi connectivity index (χ2v) is 4.07. The van der Waals surface area contributed by atoms with Crippen LogP contribution in [0.25, 0.3) is 11.0 Å². The Labute approximate surface area is 103 Å². The van der Waals surface area contributed by atoms with Crippen LogP contribution in [0.3, 0.4) is 0 Å². The molecule has 5 nitrogen and oxygen atoms in total. The predicted molar refractivity (Wildman–Crippen MR) is 65.9 cm³/mol. The van der Waals surface area contributed by atoms with Gasteiger partial charge in [-0.15, -0.1) is 0 Å². The average molecular weight is 250 g/mol. The van der Waals surface area contributed by atoms with Crippen LogP contribution in [-0.2, 0) is 0 Å². The maximum absolute atomic E-state index is 11.1. The quantitative estimate of drug-likeness (QED) is 0.806. The van der Waals surface area contributed by atoms with Gasteiger partial charge in [-0.05, 0) is 25.1 Å². The van der Waals surface area contributed by atoms with E-state index >= 15 is 0 Å². The van der Waals surface area contributed by atoms with Crippen molar-refractivity contribution in [1.82, 2.24) is 0 Å². The molecule has 0 aliphatic heterocycles. The smallest absolute Gasteiger partial charge is 0.336 e. The Morgan fingerprint density at radius 3 is 2.78 bits per heavy atom. The van der Waals surface area contributed by atoms with Gasteiger partial charge in [0.2, 0.25) is 5.75 Å². The summed E-state index contributed by atoms with van der Waals surface area (Å²) in [6, 6.07) is 6.14. The third-order valence-electron chi connectivity index (χ3n) is 2.52. The molecule has 1 aromatic carbocycles. The monoisotopic (exact) mass is 250 g/mol. The molecule has 0 bridgehead atoms. The maximum Gasteiger partial charge on any atom is 0.336 e. The van der Waals surface area contributed by atoms with Crippen LogP contribution < -0.4 is 10.4 Å². The first kappa shape index (κ1) is 12.4. The Kier molecular flexibility index (Phi) is 3.53. The molecule has 0 unspecified atom stereocenters. The molecule has 0 radical (unpaired) electrons. The Hall–Kier alpha value is -2.01. The zero-order valence-electron chi connectivity index (χ0n) is 9.92. The molecule has 0 spiro atoms. The lowest BCUT2D eigenvalue weighted by Gasteiger charge is -2.10. The van der Waals surface area contributed by atoms with Crippen LogP contribution in [0.15, 0.2) is 33.5 Å². The van der Waals surface area contributed by atoms with Crippen molar-refractivity contribution >= 4 is 11.0 Å². The highest BCUT2D eigenvalue weighted by Crippen LogP contribution is 2.33. The number of hydrogen-bond donors (Lipinski definition) is 2. The Balaban J connectivity index is 2.29. The summed E-state index contributed by atoms with van der Waals surface area (Å²) >= 11 is 0. The SMILES string of the molecule is C[C@H](O)CCOc1ccc2ccc(=O)oc2c1O. The fraction of sp³-hybridized carbons (Fsp3) is 0.308. The van der Waals surface area contributed by atoms with Crippen LogP contribution >= 0.6 is 0 Å². The molecule has 0 saturated heterocycles. The van der Waals surface area contributed by atoms with Crippen LogP contribution in [0, 0.1) is 0 Å². The van der Waals surface area contributed by atoms with Crippen molar-refractivity contribution in [1.29, 1.82) is 0 Å². The highest BCUT2D eigenvalue weighted by Gasteiger charge is 2.10. The van der Waals surface area contributed by atoms with Gasteiger partial charge in [-0.2, -0.15) is 0 Å². The van der Waals surface area contributed by atoms with Crippen molar-refractivity contribution < 1.29 is 19.4 Å². The average Bonchev–Trinajstić information content (AvgIpc) is 2.32. The van der Waals surface area contributed by atoms with Crippen molar-refractivity contribution in [3.63, 3.8) is 0 Å². The van der Waals surface area contributed by atoms with Gasteiger partial charge in [-0.25, -0.2) is 4.79 Å². The largest absolute Gasteiger partial charge is 0.502 e. The zero-order chi connectivity index (χ0) is 13.1. The predicted octanol–water partition coefficient (Wildman–Crippen LogP) is 1.65. The molecule has 0 fully saturated rings. The van der Waals surface area contributed by atoms with E-state index in [4.69, 9.17) is 14.3 Å². The first-order valence-electron chi connectivity index (χ1n) is 5.64. The van der Waals surface area contributed by atoms with E-state index in [0.29, 0.717) is 11.8 Å². The normalized spacial score (nSPS) is 12.6. The molecular formula is C13H14O5. The van der Waals surface area contributed by atoms with Crippen molar-refractivity contribution in [2.45, 2.75) is 19.4 Å². The van der Waals surface area contributed by atoms with Gasteiger partial charge in [0.15, 0.2) is 11.3 Å². The minimum absolute atomic E-state index is 0.108. The molecule has 5 heteroatoms. The highest BCUT2D eigenvalue weighted by atomic mass is 16.5. The summed E-state index contributed by atoms with van der Waals surface area (Å²) in [4.78, 5) is 11.1. The van der Waals surface area contributed by atoms with Crippen LogP contribution in [0.1, 0.15) is 13.3 Å². The van der Waals surface area contributed by atoms with Crippen molar-refractivity contribution in [3.8, 4) is 11.5 Å². The standard InChI is InChI=1S/C13H14O5/c1-8(14)6-7-17-10-4-2-9-3-5-11(15)18-13(9)12(10)16/h2-5,8,14,16H,6-7H2,1H3/t8-/m0/s1. The number of rotatable bonds is 4. The molecule has 2 aromatic rings. The van der Waals surface area contributed by atoms with Crippen LogP contribution in [0.2, 0.25) is 0 Å². The fourth-order valence-electron chi connectivity index (χ4n) is 1.56. The topological polar surface area (TPSA) is 79.9 Å². The molecule has 1 aromatic heterocycles. The van der Waals surface area contributed by atoms with E-state index in [1.165, 1.54) is 6.07 Å². The molecule has 0 aliphatic rings. The van der Waals surface area contributed by atoms with E-state index in [1.54, 1.807) is 25.1 Å². The number of phenolic OH excluding ortho intramolecular Hbond substituents is 1. The summed E-state index contributed by atoms with van der Waals surface area (Å²) < 4.78 is 10.2. The molecular weight excluding hydrogens is 236 g/mol. The lowest BCUT2D eigenvalue weighted by Crippen LogP contribution is -2.07. The summed E-state index contributed by atoms with van der Waals surface area (Å²) in [5.74, 6) is 0.0355. The number of aliphatic hydroxyl groups is 1. The first-order valence-corrected chi connectivity index (χ1v) is 5.64. The molecule has 0 amide bonds. The molecule has 18 heavy (non-hydrogen) atoms. The van der Waals surface area contributed by atoms with Crippen molar-refractivity contribution in [3.05, 3.63) is 34.7 Å². The van der Waals surface area contributed by atoms with Gasteiger partial charge in [0.1, 0.15) is 0 Å². The molecule has 1 heterocycles. The molecule has 0 saturated carbocycles. The third-order valence-corrected chi connectivity index (χ3v) is 2.52. The van der Waals surface area contributed by atoms with Crippen molar-refractivity contribution in [2.75, 3.05) is 6.61 Å². The highest BCUT2D eigenvalue weighted by molar-refractivity contribution is 5.84. The van der Waals surface area contributed by atoms with Gasteiger partial charge in [0.25, 0.3) is 0 Å². The molecule has 96 valence electrons. The molecule has 0 aliphatic carbocycles. The van der Waals surface area contributed by atoms with E-state index < -0.39 is 11.7 Å². The third kappa shape index (κ3) is 2.62. The van der Waals surface area contributed by atoms with Gasteiger partial charge in [-0.3, -0.25) is 0 Å². The zero-order valence-corrected chi connectivity index (χ0v) is 9.92. The lowest BCUT2D eigenvalue weighted by molar-refractivity contribution is 0.154. The number of hydrogen-bond acceptors (Lipinski definition) is 5. The van der Waals surface area contributed by atoms with E-state index in [9.17, 15) is 9.90 Å².